The number of fused-ring (bicyclic) bond motifs is 3. The van der Waals surface area contributed by atoms with E-state index in [0.29, 0.717) is 0 Å². The van der Waals surface area contributed by atoms with Crippen molar-refractivity contribution in [2.24, 2.45) is 0 Å². The summed E-state index contributed by atoms with van der Waals surface area (Å²) in [5, 5.41) is 2.64. The highest BCUT2D eigenvalue weighted by atomic mass is 79.9. The predicted molar refractivity (Wildman–Crippen MR) is 109 cm³/mol. The third-order valence-electron chi connectivity index (χ3n) is 4.09. The summed E-state index contributed by atoms with van der Waals surface area (Å²) in [6.07, 6.45) is 3.71. The summed E-state index contributed by atoms with van der Waals surface area (Å²) in [5.41, 5.74) is 3.54. The van der Waals surface area contributed by atoms with Gasteiger partial charge in [0.2, 0.25) is 0 Å². The van der Waals surface area contributed by atoms with Crippen LogP contribution in [0.4, 0.5) is 0 Å². The van der Waals surface area contributed by atoms with Gasteiger partial charge in [-0.3, -0.25) is 0 Å². The maximum Gasteiger partial charge on any atom is 0.0830 e. The molecule has 0 spiro atoms. The Hall–Kier alpha value is -2.10. The minimum Gasteiger partial charge on any atom is -0.504 e. The number of halogens is 1. The molecule has 118 valence electrons. The number of benzene rings is 3. The zero-order chi connectivity index (χ0) is 16.5. The van der Waals surface area contributed by atoms with Crippen LogP contribution in [0.15, 0.2) is 71.4 Å². The topological polar surface area (TPSA) is 9.23 Å². The lowest BCUT2D eigenvalue weighted by atomic mass is 9.98. The molecule has 0 N–H and O–H groups in total. The molecule has 0 radical (unpaired) electrons. The van der Waals surface area contributed by atoms with E-state index in [9.17, 15) is 0 Å². The van der Waals surface area contributed by atoms with Crippen LogP contribution in [-0.4, -0.2) is 7.11 Å². The number of ether oxygens (including phenoxy) is 1. The Bertz CT molecular complexity index is 1060. The van der Waals surface area contributed by atoms with Crippen LogP contribution < -0.4 is 0 Å². The molecule has 0 amide bonds. The van der Waals surface area contributed by atoms with E-state index < -0.39 is 0 Å². The fraction of sp³-hybridized carbons (Fsp3) is 0.0476. The summed E-state index contributed by atoms with van der Waals surface area (Å²) in [7, 11) is 1.66. The summed E-state index contributed by atoms with van der Waals surface area (Å²) in [6.45, 7) is 0. The van der Waals surface area contributed by atoms with Crippen LogP contribution in [0, 0.1) is 0 Å². The van der Waals surface area contributed by atoms with Crippen molar-refractivity contribution in [3.63, 3.8) is 0 Å². The predicted octanol–water partition coefficient (Wildman–Crippen LogP) is 7.10. The first kappa shape index (κ1) is 15.4. The summed E-state index contributed by atoms with van der Waals surface area (Å²) in [5.74, 6) is 0. The molecule has 0 bridgehead atoms. The van der Waals surface area contributed by atoms with Crippen LogP contribution in [-0.2, 0) is 4.74 Å². The molecular weight excluding hydrogens is 380 g/mol. The maximum absolute atomic E-state index is 5.10. The second-order valence-corrected chi connectivity index (χ2v) is 7.58. The van der Waals surface area contributed by atoms with Crippen molar-refractivity contribution in [1.82, 2.24) is 0 Å². The molecule has 0 atom stereocenters. The van der Waals surface area contributed by atoms with E-state index in [-0.39, 0.29) is 0 Å². The molecule has 1 heterocycles. The van der Waals surface area contributed by atoms with Gasteiger partial charge in [0.05, 0.1) is 13.4 Å². The standard InChI is InChI=1S/C21H15BrOS/c1-23-11-10-15-12-16(22)7-8-17(15)14-6-9-21-19(13-14)18-4-2-3-5-20(18)24-21/h2-13H,1H3/b11-10+. The Labute approximate surface area is 153 Å². The van der Waals surface area contributed by atoms with Crippen LogP contribution in [0.1, 0.15) is 5.56 Å². The van der Waals surface area contributed by atoms with E-state index in [2.05, 4.69) is 76.6 Å². The van der Waals surface area contributed by atoms with E-state index in [0.717, 1.165) is 10.0 Å². The van der Waals surface area contributed by atoms with Crippen molar-refractivity contribution < 1.29 is 4.74 Å². The molecule has 24 heavy (non-hydrogen) atoms. The zero-order valence-electron chi connectivity index (χ0n) is 13.1. The molecule has 4 rings (SSSR count). The van der Waals surface area contributed by atoms with Crippen molar-refractivity contribution in [2.75, 3.05) is 7.11 Å². The van der Waals surface area contributed by atoms with Gasteiger partial charge in [0.1, 0.15) is 0 Å². The fourth-order valence-electron chi connectivity index (χ4n) is 2.97. The van der Waals surface area contributed by atoms with Gasteiger partial charge in [-0.25, -0.2) is 0 Å². The smallest absolute Gasteiger partial charge is 0.0830 e. The molecule has 3 heteroatoms. The highest BCUT2D eigenvalue weighted by Gasteiger charge is 2.09. The van der Waals surface area contributed by atoms with Crippen LogP contribution in [0.2, 0.25) is 0 Å². The van der Waals surface area contributed by atoms with Gasteiger partial charge >= 0.3 is 0 Å². The second-order valence-electron chi connectivity index (χ2n) is 5.58. The highest BCUT2D eigenvalue weighted by molar-refractivity contribution is 9.10. The van der Waals surface area contributed by atoms with Crippen molar-refractivity contribution in [3.8, 4) is 11.1 Å². The maximum atomic E-state index is 5.10. The minimum atomic E-state index is 1.06. The molecule has 0 aliphatic carbocycles. The van der Waals surface area contributed by atoms with Crippen LogP contribution >= 0.6 is 27.3 Å². The second kappa shape index (κ2) is 6.42. The van der Waals surface area contributed by atoms with Crippen LogP contribution in [0.5, 0.6) is 0 Å². The summed E-state index contributed by atoms with van der Waals surface area (Å²) in [4.78, 5) is 0. The average molecular weight is 395 g/mol. The molecular formula is C21H15BrOS. The molecule has 4 aromatic rings. The van der Waals surface area contributed by atoms with Gasteiger partial charge in [-0.1, -0.05) is 46.3 Å². The first-order valence-electron chi connectivity index (χ1n) is 7.67. The molecule has 0 aliphatic heterocycles. The quantitative estimate of drug-likeness (QED) is 0.336. The molecule has 0 saturated heterocycles. The number of hydrogen-bond donors (Lipinski definition) is 0. The van der Waals surface area contributed by atoms with E-state index in [1.165, 1.54) is 31.3 Å². The largest absolute Gasteiger partial charge is 0.504 e. The van der Waals surface area contributed by atoms with Gasteiger partial charge in [0.15, 0.2) is 0 Å². The molecule has 1 aromatic heterocycles. The molecule has 0 aliphatic rings. The molecule has 1 nitrogen and oxygen atoms in total. The first-order valence-corrected chi connectivity index (χ1v) is 9.28. The molecule has 0 saturated carbocycles. The van der Waals surface area contributed by atoms with Crippen molar-refractivity contribution >= 4 is 53.5 Å². The summed E-state index contributed by atoms with van der Waals surface area (Å²) >= 11 is 5.40. The first-order chi connectivity index (χ1) is 11.8. The number of hydrogen-bond acceptors (Lipinski definition) is 2. The molecule has 3 aromatic carbocycles. The van der Waals surface area contributed by atoms with Gasteiger partial charge in [-0.05, 0) is 53.1 Å². The normalized spacial score (nSPS) is 11.6. The Morgan fingerprint density at radius 1 is 0.917 bits per heavy atom. The van der Waals surface area contributed by atoms with Gasteiger partial charge in [-0.15, -0.1) is 11.3 Å². The molecule has 0 fully saturated rings. The Kier molecular flexibility index (Phi) is 4.13. The van der Waals surface area contributed by atoms with Crippen molar-refractivity contribution in [3.05, 3.63) is 77.0 Å². The number of methoxy groups -OCH3 is 1. The van der Waals surface area contributed by atoms with Gasteiger partial charge in [0, 0.05) is 24.6 Å². The Morgan fingerprint density at radius 2 is 1.75 bits per heavy atom. The number of thiophene rings is 1. The highest BCUT2D eigenvalue weighted by Crippen LogP contribution is 2.37. The Morgan fingerprint density at radius 3 is 2.62 bits per heavy atom. The van der Waals surface area contributed by atoms with Gasteiger partial charge < -0.3 is 4.74 Å². The van der Waals surface area contributed by atoms with Gasteiger partial charge in [0.25, 0.3) is 0 Å². The van der Waals surface area contributed by atoms with Gasteiger partial charge in [-0.2, -0.15) is 0 Å². The van der Waals surface area contributed by atoms with Crippen molar-refractivity contribution in [1.29, 1.82) is 0 Å². The van der Waals surface area contributed by atoms with E-state index >= 15 is 0 Å². The van der Waals surface area contributed by atoms with E-state index in [4.69, 9.17) is 4.74 Å². The number of rotatable bonds is 3. The lowest BCUT2D eigenvalue weighted by Gasteiger charge is -2.08. The summed E-state index contributed by atoms with van der Waals surface area (Å²) < 4.78 is 8.82. The minimum absolute atomic E-state index is 1.06. The van der Waals surface area contributed by atoms with E-state index in [1.807, 2.05) is 17.4 Å². The SMILES string of the molecule is CO/C=C/c1cc(Br)ccc1-c1ccc2sc3ccccc3c2c1. The third kappa shape index (κ3) is 2.74. The average Bonchev–Trinajstić information content (AvgIpc) is 2.98. The fourth-order valence-corrected chi connectivity index (χ4v) is 4.43. The van der Waals surface area contributed by atoms with Crippen molar-refractivity contribution in [2.45, 2.75) is 0 Å². The van der Waals surface area contributed by atoms with Crippen LogP contribution in [0.3, 0.4) is 0 Å². The lowest BCUT2D eigenvalue weighted by Crippen LogP contribution is -1.84. The zero-order valence-corrected chi connectivity index (χ0v) is 15.5. The summed E-state index contributed by atoms with van der Waals surface area (Å²) in [6, 6.07) is 21.6. The van der Waals surface area contributed by atoms with E-state index in [1.54, 1.807) is 13.4 Å². The Balaban J connectivity index is 1.93. The monoisotopic (exact) mass is 394 g/mol. The van der Waals surface area contributed by atoms with Crippen LogP contribution in [0.25, 0.3) is 37.4 Å². The third-order valence-corrected chi connectivity index (χ3v) is 5.73. The molecule has 0 unspecified atom stereocenters. The lowest BCUT2D eigenvalue weighted by molar-refractivity contribution is 0.341.